The second kappa shape index (κ2) is 8.21. The van der Waals surface area contributed by atoms with E-state index < -0.39 is 0 Å². The molecule has 3 heterocycles. The molecule has 4 rings (SSSR count). The number of anilines is 1. The van der Waals surface area contributed by atoms with E-state index in [9.17, 15) is 4.79 Å². The Labute approximate surface area is 174 Å². The van der Waals surface area contributed by atoms with Crippen LogP contribution in [-0.2, 0) is 11.2 Å². The fourth-order valence-electron chi connectivity index (χ4n) is 3.56. The number of aryl methyl sites for hydroxylation is 2. The van der Waals surface area contributed by atoms with E-state index >= 15 is 0 Å². The summed E-state index contributed by atoms with van der Waals surface area (Å²) in [5.74, 6) is 1.74. The molecule has 0 saturated carbocycles. The van der Waals surface area contributed by atoms with Crippen molar-refractivity contribution in [3.05, 3.63) is 64.7 Å². The van der Waals surface area contributed by atoms with Crippen molar-refractivity contribution >= 4 is 23.3 Å². The maximum absolute atomic E-state index is 12.6. The molecule has 0 N–H and O–H groups in total. The Morgan fingerprint density at radius 1 is 1.00 bits per heavy atom. The molecule has 1 aromatic carbocycles. The average Bonchev–Trinajstić information content (AvgIpc) is 3.08. The molecule has 7 nitrogen and oxygen atoms in total. The number of carbonyl (C=O) groups excluding carboxylic acids is 1. The van der Waals surface area contributed by atoms with Gasteiger partial charge in [-0.25, -0.2) is 14.6 Å². The lowest BCUT2D eigenvalue weighted by Crippen LogP contribution is -2.49. The van der Waals surface area contributed by atoms with Crippen LogP contribution in [0.5, 0.6) is 0 Å². The first-order valence-electron chi connectivity index (χ1n) is 9.62. The Morgan fingerprint density at radius 3 is 2.34 bits per heavy atom. The summed E-state index contributed by atoms with van der Waals surface area (Å²) in [7, 11) is 0. The molecule has 1 saturated heterocycles. The summed E-state index contributed by atoms with van der Waals surface area (Å²) < 4.78 is 1.83. The first kappa shape index (κ1) is 19.4. The molecule has 29 heavy (non-hydrogen) atoms. The standard InChI is InChI=1S/C21H23ClN6O/c1-15-11-16(2)28(25-15)20-13-19(23-14-24-20)26-7-9-27(10-8-26)21(29)12-17-3-5-18(22)6-4-17/h3-6,11,13-14H,7-10,12H2,1-2H3. The van der Waals surface area contributed by atoms with Crippen molar-refractivity contribution in [2.45, 2.75) is 20.3 Å². The minimum absolute atomic E-state index is 0.137. The van der Waals surface area contributed by atoms with Gasteiger partial charge in [-0.1, -0.05) is 23.7 Å². The molecule has 0 radical (unpaired) electrons. The van der Waals surface area contributed by atoms with Gasteiger partial charge in [0.25, 0.3) is 0 Å². The van der Waals surface area contributed by atoms with Crippen LogP contribution >= 0.6 is 11.6 Å². The molecule has 0 unspecified atom stereocenters. The zero-order chi connectivity index (χ0) is 20.4. The van der Waals surface area contributed by atoms with Gasteiger partial charge in [0.2, 0.25) is 5.91 Å². The van der Waals surface area contributed by atoms with Gasteiger partial charge in [-0.3, -0.25) is 4.79 Å². The lowest BCUT2D eigenvalue weighted by Gasteiger charge is -2.35. The minimum Gasteiger partial charge on any atom is -0.353 e. The van der Waals surface area contributed by atoms with Gasteiger partial charge in [-0.05, 0) is 37.6 Å². The van der Waals surface area contributed by atoms with E-state index in [1.165, 1.54) is 0 Å². The van der Waals surface area contributed by atoms with E-state index in [1.807, 2.05) is 59.8 Å². The number of piperazine rings is 1. The highest BCUT2D eigenvalue weighted by molar-refractivity contribution is 6.30. The fraction of sp³-hybridized carbons (Fsp3) is 0.333. The van der Waals surface area contributed by atoms with Crippen LogP contribution in [0.2, 0.25) is 5.02 Å². The smallest absolute Gasteiger partial charge is 0.227 e. The fourth-order valence-corrected chi connectivity index (χ4v) is 3.69. The normalized spacial score (nSPS) is 14.3. The number of halogens is 1. The van der Waals surface area contributed by atoms with Crippen LogP contribution in [0.3, 0.4) is 0 Å². The number of amides is 1. The van der Waals surface area contributed by atoms with E-state index in [2.05, 4.69) is 20.0 Å². The number of nitrogens with zero attached hydrogens (tertiary/aromatic N) is 6. The van der Waals surface area contributed by atoms with Crippen LogP contribution in [0, 0.1) is 13.8 Å². The second-order valence-electron chi connectivity index (χ2n) is 7.24. The van der Waals surface area contributed by atoms with E-state index in [-0.39, 0.29) is 5.91 Å². The largest absolute Gasteiger partial charge is 0.353 e. The summed E-state index contributed by atoms with van der Waals surface area (Å²) in [4.78, 5) is 25.5. The highest BCUT2D eigenvalue weighted by Gasteiger charge is 2.22. The van der Waals surface area contributed by atoms with Gasteiger partial charge in [0.05, 0.1) is 12.1 Å². The first-order valence-corrected chi connectivity index (χ1v) is 10.0. The Balaban J connectivity index is 1.39. The number of rotatable bonds is 4. The quantitative estimate of drug-likeness (QED) is 0.661. The third-order valence-electron chi connectivity index (χ3n) is 5.09. The molecule has 1 amide bonds. The van der Waals surface area contributed by atoms with Crippen molar-refractivity contribution in [1.82, 2.24) is 24.6 Å². The molecular weight excluding hydrogens is 388 g/mol. The van der Waals surface area contributed by atoms with Crippen molar-refractivity contribution in [2.75, 3.05) is 31.1 Å². The third-order valence-corrected chi connectivity index (χ3v) is 5.34. The maximum Gasteiger partial charge on any atom is 0.227 e. The number of carbonyl (C=O) groups is 1. The van der Waals surface area contributed by atoms with Crippen LogP contribution in [0.25, 0.3) is 5.82 Å². The van der Waals surface area contributed by atoms with Crippen molar-refractivity contribution in [2.24, 2.45) is 0 Å². The van der Waals surface area contributed by atoms with Gasteiger partial charge in [-0.15, -0.1) is 0 Å². The summed E-state index contributed by atoms with van der Waals surface area (Å²) in [6.07, 6.45) is 1.96. The van der Waals surface area contributed by atoms with Crippen LogP contribution in [0.4, 0.5) is 5.82 Å². The van der Waals surface area contributed by atoms with E-state index in [4.69, 9.17) is 11.6 Å². The molecule has 150 valence electrons. The first-order chi connectivity index (χ1) is 14.0. The number of aromatic nitrogens is 4. The predicted octanol–water partition coefficient (Wildman–Crippen LogP) is 2.82. The van der Waals surface area contributed by atoms with Crippen molar-refractivity contribution in [3.63, 3.8) is 0 Å². The molecule has 0 bridgehead atoms. The Kier molecular flexibility index (Phi) is 5.49. The van der Waals surface area contributed by atoms with Gasteiger partial charge >= 0.3 is 0 Å². The summed E-state index contributed by atoms with van der Waals surface area (Å²) in [5, 5.41) is 5.17. The zero-order valence-corrected chi connectivity index (χ0v) is 17.3. The predicted molar refractivity (Wildman–Crippen MR) is 113 cm³/mol. The topological polar surface area (TPSA) is 67.2 Å². The van der Waals surface area contributed by atoms with Crippen LogP contribution in [0.1, 0.15) is 17.0 Å². The summed E-state index contributed by atoms with van der Waals surface area (Å²) >= 11 is 5.91. The summed E-state index contributed by atoms with van der Waals surface area (Å²) in [6.45, 7) is 6.79. The number of hydrogen-bond donors (Lipinski definition) is 0. The van der Waals surface area contributed by atoms with Gasteiger partial charge in [0, 0.05) is 43.0 Å². The van der Waals surface area contributed by atoms with Gasteiger partial charge in [0.1, 0.15) is 12.1 Å². The van der Waals surface area contributed by atoms with Crippen molar-refractivity contribution < 1.29 is 4.79 Å². The minimum atomic E-state index is 0.137. The highest BCUT2D eigenvalue weighted by Crippen LogP contribution is 2.18. The molecular formula is C21H23ClN6O. The summed E-state index contributed by atoms with van der Waals surface area (Å²) in [6, 6.07) is 11.4. The molecule has 2 aromatic heterocycles. The monoisotopic (exact) mass is 410 g/mol. The molecule has 1 aliphatic rings. The van der Waals surface area contributed by atoms with Gasteiger partial charge in [0.15, 0.2) is 5.82 Å². The van der Waals surface area contributed by atoms with E-state index in [0.29, 0.717) is 24.5 Å². The molecule has 0 spiro atoms. The third kappa shape index (κ3) is 4.40. The molecule has 1 aliphatic heterocycles. The van der Waals surface area contributed by atoms with Crippen LogP contribution in [-0.4, -0.2) is 56.7 Å². The highest BCUT2D eigenvalue weighted by atomic mass is 35.5. The summed E-state index contributed by atoms with van der Waals surface area (Å²) in [5.41, 5.74) is 2.97. The zero-order valence-electron chi connectivity index (χ0n) is 16.5. The van der Waals surface area contributed by atoms with E-state index in [1.54, 1.807) is 6.33 Å². The Bertz CT molecular complexity index is 1010. The van der Waals surface area contributed by atoms with Gasteiger partial charge < -0.3 is 9.80 Å². The molecule has 8 heteroatoms. The van der Waals surface area contributed by atoms with Gasteiger partial charge in [-0.2, -0.15) is 5.10 Å². The average molecular weight is 411 g/mol. The molecule has 0 atom stereocenters. The number of hydrogen-bond acceptors (Lipinski definition) is 5. The van der Waals surface area contributed by atoms with Crippen molar-refractivity contribution in [1.29, 1.82) is 0 Å². The lowest BCUT2D eigenvalue weighted by molar-refractivity contribution is -0.130. The Morgan fingerprint density at radius 2 is 1.69 bits per heavy atom. The Hall–Kier alpha value is -2.93. The second-order valence-corrected chi connectivity index (χ2v) is 7.68. The SMILES string of the molecule is Cc1cc(C)n(-c2cc(N3CCN(C(=O)Cc4ccc(Cl)cc4)CC3)ncn2)n1. The molecule has 1 fully saturated rings. The van der Waals surface area contributed by atoms with Crippen molar-refractivity contribution in [3.8, 4) is 5.82 Å². The molecule has 3 aromatic rings. The van der Waals surface area contributed by atoms with Crippen LogP contribution < -0.4 is 4.90 Å². The maximum atomic E-state index is 12.6. The lowest BCUT2D eigenvalue weighted by atomic mass is 10.1. The molecule has 0 aliphatic carbocycles. The number of benzene rings is 1. The van der Waals surface area contributed by atoms with Crippen LogP contribution in [0.15, 0.2) is 42.7 Å². The van der Waals surface area contributed by atoms with E-state index in [0.717, 1.165) is 41.7 Å².